The summed E-state index contributed by atoms with van der Waals surface area (Å²) in [4.78, 5) is 15.6. The summed E-state index contributed by atoms with van der Waals surface area (Å²) < 4.78 is 0. The predicted octanol–water partition coefficient (Wildman–Crippen LogP) is 1.36. The molecular weight excluding hydrogens is 228 g/mol. The highest BCUT2D eigenvalue weighted by atomic mass is 16.1. The van der Waals surface area contributed by atoms with Gasteiger partial charge in [-0.15, -0.1) is 0 Å². The molecule has 2 rings (SSSR count). The molecule has 0 saturated heterocycles. The van der Waals surface area contributed by atoms with Gasteiger partial charge in [-0.1, -0.05) is 24.3 Å². The van der Waals surface area contributed by atoms with Crippen molar-refractivity contribution in [1.82, 2.24) is 20.5 Å². The zero-order valence-corrected chi connectivity index (χ0v) is 10.3. The highest BCUT2D eigenvalue weighted by Gasteiger charge is 2.04. The van der Waals surface area contributed by atoms with Crippen LogP contribution < -0.4 is 5.32 Å². The molecule has 2 aromatic rings. The predicted molar refractivity (Wildman–Crippen MR) is 67.7 cm³/mol. The van der Waals surface area contributed by atoms with Crippen LogP contribution in [0.4, 0.5) is 0 Å². The van der Waals surface area contributed by atoms with Crippen LogP contribution in [0.3, 0.4) is 0 Å². The Kier molecular flexibility index (Phi) is 4.06. The molecule has 0 aliphatic carbocycles. The molecule has 2 N–H and O–H groups in total. The van der Waals surface area contributed by atoms with E-state index >= 15 is 0 Å². The number of amides is 1. The summed E-state index contributed by atoms with van der Waals surface area (Å²) in [6, 6.07) is 8.11. The van der Waals surface area contributed by atoms with Gasteiger partial charge in [0.05, 0.1) is 6.54 Å². The number of carbonyl (C=O) groups excluding carboxylic acids is 1. The molecule has 18 heavy (non-hydrogen) atoms. The minimum atomic E-state index is 0.0228. The number of aromatic amines is 1. The van der Waals surface area contributed by atoms with Gasteiger partial charge in [-0.05, 0) is 24.5 Å². The average Bonchev–Trinajstić information content (AvgIpc) is 2.88. The Bertz CT molecular complexity index is 507. The van der Waals surface area contributed by atoms with Crippen molar-refractivity contribution in [3.63, 3.8) is 0 Å². The van der Waals surface area contributed by atoms with Crippen LogP contribution in [0.2, 0.25) is 0 Å². The second kappa shape index (κ2) is 5.95. The molecular formula is C13H16N4O. The van der Waals surface area contributed by atoms with Crippen molar-refractivity contribution in [1.29, 1.82) is 0 Å². The van der Waals surface area contributed by atoms with E-state index in [9.17, 15) is 4.79 Å². The number of nitrogens with one attached hydrogen (secondary N) is 2. The zero-order chi connectivity index (χ0) is 12.8. The van der Waals surface area contributed by atoms with Crippen molar-refractivity contribution in [3.8, 4) is 0 Å². The average molecular weight is 244 g/mol. The molecule has 0 saturated carbocycles. The summed E-state index contributed by atoms with van der Waals surface area (Å²) >= 11 is 0. The lowest BCUT2D eigenvalue weighted by Crippen LogP contribution is -2.23. The Morgan fingerprint density at radius 2 is 2.22 bits per heavy atom. The van der Waals surface area contributed by atoms with Gasteiger partial charge in [0.2, 0.25) is 5.91 Å². The first kappa shape index (κ1) is 12.3. The molecule has 0 bridgehead atoms. The number of nitrogens with zero attached hydrogens (tertiary/aromatic N) is 2. The Hall–Kier alpha value is -2.17. The minimum absolute atomic E-state index is 0.0228. The third-order valence-corrected chi connectivity index (χ3v) is 2.80. The van der Waals surface area contributed by atoms with Gasteiger partial charge >= 0.3 is 0 Å². The van der Waals surface area contributed by atoms with Gasteiger partial charge in [-0.3, -0.25) is 9.89 Å². The number of hydrogen-bond donors (Lipinski definition) is 2. The molecule has 0 radical (unpaired) electrons. The highest BCUT2D eigenvalue weighted by Crippen LogP contribution is 2.09. The van der Waals surface area contributed by atoms with E-state index in [1.165, 1.54) is 17.5 Å². The van der Waals surface area contributed by atoms with Crippen LogP contribution in [0.25, 0.3) is 0 Å². The monoisotopic (exact) mass is 244 g/mol. The van der Waals surface area contributed by atoms with Crippen LogP contribution in [-0.2, 0) is 17.8 Å². The largest absolute Gasteiger partial charge is 0.349 e. The quantitative estimate of drug-likeness (QED) is 0.834. The molecule has 1 aromatic heterocycles. The molecule has 5 nitrogen and oxygen atoms in total. The summed E-state index contributed by atoms with van der Waals surface area (Å²) in [6.07, 6.45) is 2.67. The maximum atomic E-state index is 11.6. The van der Waals surface area contributed by atoms with Crippen LogP contribution in [0.1, 0.15) is 23.4 Å². The SMILES string of the molecule is Cc1ccccc1CCC(=O)NCc1ncn[nH]1. The van der Waals surface area contributed by atoms with E-state index in [-0.39, 0.29) is 5.91 Å². The summed E-state index contributed by atoms with van der Waals surface area (Å²) in [5, 5.41) is 9.22. The third kappa shape index (κ3) is 3.41. The number of aromatic nitrogens is 3. The molecule has 5 heteroatoms. The third-order valence-electron chi connectivity index (χ3n) is 2.80. The van der Waals surface area contributed by atoms with Gasteiger partial charge < -0.3 is 5.32 Å². The van der Waals surface area contributed by atoms with E-state index in [4.69, 9.17) is 0 Å². The summed E-state index contributed by atoms with van der Waals surface area (Å²) in [7, 11) is 0. The van der Waals surface area contributed by atoms with Crippen molar-refractivity contribution in [2.24, 2.45) is 0 Å². The topological polar surface area (TPSA) is 70.7 Å². The van der Waals surface area contributed by atoms with E-state index in [0.717, 1.165) is 6.42 Å². The first-order valence-electron chi connectivity index (χ1n) is 5.91. The molecule has 0 unspecified atom stereocenters. The Morgan fingerprint density at radius 1 is 1.39 bits per heavy atom. The van der Waals surface area contributed by atoms with E-state index in [1.807, 2.05) is 12.1 Å². The van der Waals surface area contributed by atoms with Crippen molar-refractivity contribution in [2.45, 2.75) is 26.3 Å². The first-order chi connectivity index (χ1) is 8.75. The fourth-order valence-corrected chi connectivity index (χ4v) is 1.73. The second-order valence-electron chi connectivity index (χ2n) is 4.14. The Morgan fingerprint density at radius 3 is 2.94 bits per heavy atom. The Balaban J connectivity index is 1.77. The van der Waals surface area contributed by atoms with Crippen LogP contribution in [0, 0.1) is 6.92 Å². The number of carbonyl (C=O) groups is 1. The number of benzene rings is 1. The molecule has 0 aliphatic heterocycles. The molecule has 0 aliphatic rings. The maximum Gasteiger partial charge on any atom is 0.220 e. The first-order valence-corrected chi connectivity index (χ1v) is 5.91. The fourth-order valence-electron chi connectivity index (χ4n) is 1.73. The summed E-state index contributed by atoms with van der Waals surface area (Å²) in [5.41, 5.74) is 2.44. The molecule has 0 atom stereocenters. The van der Waals surface area contributed by atoms with Gasteiger partial charge in [0.15, 0.2) is 0 Å². The van der Waals surface area contributed by atoms with Crippen molar-refractivity contribution < 1.29 is 4.79 Å². The summed E-state index contributed by atoms with van der Waals surface area (Å²) in [5.74, 6) is 0.689. The molecule has 1 aromatic carbocycles. The van der Waals surface area contributed by atoms with E-state index < -0.39 is 0 Å². The van der Waals surface area contributed by atoms with Crippen molar-refractivity contribution >= 4 is 5.91 Å². The number of hydrogen-bond acceptors (Lipinski definition) is 3. The molecule has 94 valence electrons. The zero-order valence-electron chi connectivity index (χ0n) is 10.3. The van der Waals surface area contributed by atoms with Gasteiger partial charge in [0.1, 0.15) is 12.2 Å². The maximum absolute atomic E-state index is 11.6. The van der Waals surface area contributed by atoms with E-state index in [0.29, 0.717) is 18.8 Å². The highest BCUT2D eigenvalue weighted by molar-refractivity contribution is 5.76. The molecule has 0 spiro atoms. The van der Waals surface area contributed by atoms with E-state index in [2.05, 4.69) is 39.6 Å². The molecule has 1 amide bonds. The number of aryl methyl sites for hydroxylation is 2. The second-order valence-corrected chi connectivity index (χ2v) is 4.14. The van der Waals surface area contributed by atoms with Gasteiger partial charge in [-0.25, -0.2) is 4.98 Å². The normalized spacial score (nSPS) is 10.3. The minimum Gasteiger partial charge on any atom is -0.349 e. The number of H-pyrrole nitrogens is 1. The van der Waals surface area contributed by atoms with Crippen molar-refractivity contribution in [3.05, 3.63) is 47.5 Å². The number of rotatable bonds is 5. The van der Waals surface area contributed by atoms with Crippen molar-refractivity contribution in [2.75, 3.05) is 0 Å². The molecule has 1 heterocycles. The van der Waals surface area contributed by atoms with Gasteiger partial charge in [-0.2, -0.15) is 5.10 Å². The fraction of sp³-hybridized carbons (Fsp3) is 0.308. The van der Waals surface area contributed by atoms with Crippen LogP contribution >= 0.6 is 0 Å². The van der Waals surface area contributed by atoms with Crippen LogP contribution in [-0.4, -0.2) is 21.1 Å². The lowest BCUT2D eigenvalue weighted by Gasteiger charge is -2.05. The standard InChI is InChI=1S/C13H16N4O/c1-10-4-2-3-5-11(10)6-7-13(18)14-8-12-15-9-16-17-12/h2-5,9H,6-8H2,1H3,(H,14,18)(H,15,16,17). The lowest BCUT2D eigenvalue weighted by molar-refractivity contribution is -0.121. The Labute approximate surface area is 106 Å². The van der Waals surface area contributed by atoms with Gasteiger partial charge in [0, 0.05) is 6.42 Å². The van der Waals surface area contributed by atoms with Crippen LogP contribution in [0.5, 0.6) is 0 Å². The smallest absolute Gasteiger partial charge is 0.220 e. The van der Waals surface area contributed by atoms with Crippen LogP contribution in [0.15, 0.2) is 30.6 Å². The lowest BCUT2D eigenvalue weighted by atomic mass is 10.0. The van der Waals surface area contributed by atoms with Gasteiger partial charge in [0.25, 0.3) is 0 Å². The molecule has 0 fully saturated rings. The van der Waals surface area contributed by atoms with E-state index in [1.54, 1.807) is 0 Å². The summed E-state index contributed by atoms with van der Waals surface area (Å²) in [6.45, 7) is 2.45.